The second-order valence-electron chi connectivity index (χ2n) is 7.14. The maximum atomic E-state index is 11.8. The molecule has 9 heteroatoms. The summed E-state index contributed by atoms with van der Waals surface area (Å²) in [5.74, 6) is 0.584. The van der Waals surface area contributed by atoms with E-state index in [0.29, 0.717) is 48.0 Å². The highest BCUT2D eigenvalue weighted by Gasteiger charge is 2.22. The molecule has 1 aliphatic rings. The lowest BCUT2D eigenvalue weighted by molar-refractivity contribution is 0.0699. The van der Waals surface area contributed by atoms with Crippen molar-refractivity contribution in [3.63, 3.8) is 0 Å². The van der Waals surface area contributed by atoms with Crippen LogP contribution in [0.1, 0.15) is 23.0 Å². The lowest BCUT2D eigenvalue weighted by Crippen LogP contribution is -2.44. The van der Waals surface area contributed by atoms with Gasteiger partial charge in [-0.25, -0.2) is 14.8 Å². The van der Waals surface area contributed by atoms with Crippen LogP contribution < -0.4 is 4.90 Å². The highest BCUT2D eigenvalue weighted by atomic mass is 32.2. The van der Waals surface area contributed by atoms with Gasteiger partial charge in [-0.2, -0.15) is 0 Å². The van der Waals surface area contributed by atoms with Crippen molar-refractivity contribution in [1.29, 1.82) is 0 Å². The van der Waals surface area contributed by atoms with Gasteiger partial charge in [0.2, 0.25) is 0 Å². The second kappa shape index (κ2) is 7.92. The predicted molar refractivity (Wildman–Crippen MR) is 112 cm³/mol. The number of nitrogens with zero attached hydrogens (tertiary/aromatic N) is 3. The number of aromatic nitrogens is 3. The summed E-state index contributed by atoms with van der Waals surface area (Å²) in [6.45, 7) is 4.03. The third-order valence-electron chi connectivity index (χ3n) is 4.95. The van der Waals surface area contributed by atoms with Crippen LogP contribution in [0, 0.1) is 0 Å². The first-order chi connectivity index (χ1) is 13.9. The van der Waals surface area contributed by atoms with E-state index in [1.807, 2.05) is 18.2 Å². The molecule has 1 aromatic carbocycles. The second-order valence-corrected chi connectivity index (χ2v) is 8.58. The number of anilines is 1. The number of carboxylic acid groups (broad SMARTS) is 1. The molecule has 2 unspecified atom stereocenters. The van der Waals surface area contributed by atoms with Gasteiger partial charge in [0.05, 0.1) is 36.3 Å². The molecule has 0 radical (unpaired) electrons. The average molecular weight is 414 g/mol. The third kappa shape index (κ3) is 4.01. The van der Waals surface area contributed by atoms with E-state index in [2.05, 4.69) is 21.8 Å². The third-order valence-corrected chi connectivity index (χ3v) is 5.65. The molecular formula is C20H22N4O4S. The monoisotopic (exact) mass is 414 g/mol. The molecule has 0 amide bonds. The molecule has 3 aromatic rings. The summed E-state index contributed by atoms with van der Waals surface area (Å²) in [6, 6.07) is 7.51. The standard InChI is InChI=1S/C20H22N4O4S/c1-12-10-28-6-5-24(12)18-8-14(11-29(2)27)22-19(23-18)13-3-4-17-15(7-13)16(9-21-17)20(25)26/h3-4,7-9,12,21H,5-6,10-11H2,1-2H3,(H,25,26). The van der Waals surface area contributed by atoms with Crippen LogP contribution in [0.5, 0.6) is 0 Å². The van der Waals surface area contributed by atoms with Gasteiger partial charge in [0, 0.05) is 52.3 Å². The normalized spacial score (nSPS) is 18.1. The summed E-state index contributed by atoms with van der Waals surface area (Å²) in [6.07, 6.45) is 3.12. The zero-order valence-electron chi connectivity index (χ0n) is 16.2. The van der Waals surface area contributed by atoms with Crippen molar-refractivity contribution < 1.29 is 18.8 Å². The Morgan fingerprint density at radius 3 is 2.93 bits per heavy atom. The molecule has 2 atom stereocenters. The van der Waals surface area contributed by atoms with Crippen LogP contribution >= 0.6 is 0 Å². The van der Waals surface area contributed by atoms with Crippen molar-refractivity contribution in [1.82, 2.24) is 15.0 Å². The fourth-order valence-electron chi connectivity index (χ4n) is 3.55. The SMILES string of the molecule is CC1COCCN1c1cc(CS(C)=O)nc(-c2ccc3[nH]cc(C(=O)O)c3c2)n1. The van der Waals surface area contributed by atoms with E-state index in [9.17, 15) is 14.1 Å². The number of hydrogen-bond donors (Lipinski definition) is 2. The number of morpholine rings is 1. The number of benzene rings is 1. The zero-order valence-corrected chi connectivity index (χ0v) is 17.0. The molecule has 0 spiro atoms. The molecule has 4 rings (SSSR count). The maximum absolute atomic E-state index is 11.8. The van der Waals surface area contributed by atoms with E-state index in [0.717, 1.165) is 11.3 Å². The van der Waals surface area contributed by atoms with E-state index < -0.39 is 16.8 Å². The fourth-order valence-corrected chi connectivity index (χ4v) is 4.11. The summed E-state index contributed by atoms with van der Waals surface area (Å²) < 4.78 is 17.3. The average Bonchev–Trinajstić information content (AvgIpc) is 3.11. The summed E-state index contributed by atoms with van der Waals surface area (Å²) in [4.78, 5) is 26.0. The van der Waals surface area contributed by atoms with E-state index >= 15 is 0 Å². The topological polar surface area (TPSA) is 108 Å². The van der Waals surface area contributed by atoms with E-state index in [-0.39, 0.29) is 11.6 Å². The molecule has 1 fully saturated rings. The molecule has 0 aliphatic carbocycles. The van der Waals surface area contributed by atoms with Crippen molar-refractivity contribution >= 4 is 33.5 Å². The van der Waals surface area contributed by atoms with Crippen LogP contribution in [-0.2, 0) is 21.3 Å². The van der Waals surface area contributed by atoms with Gasteiger partial charge in [-0.1, -0.05) is 0 Å². The van der Waals surface area contributed by atoms with E-state index in [1.54, 1.807) is 12.3 Å². The van der Waals surface area contributed by atoms with Gasteiger partial charge >= 0.3 is 5.97 Å². The van der Waals surface area contributed by atoms with Crippen LogP contribution in [0.2, 0.25) is 0 Å². The van der Waals surface area contributed by atoms with Crippen molar-refractivity contribution in [2.75, 3.05) is 30.9 Å². The molecule has 152 valence electrons. The van der Waals surface area contributed by atoms with Crippen molar-refractivity contribution in [2.24, 2.45) is 0 Å². The number of hydrogen-bond acceptors (Lipinski definition) is 6. The Morgan fingerprint density at radius 1 is 1.38 bits per heavy atom. The summed E-state index contributed by atoms with van der Waals surface area (Å²) in [7, 11) is -1.05. The van der Waals surface area contributed by atoms with Gasteiger partial charge < -0.3 is 19.7 Å². The number of aromatic amines is 1. The summed E-state index contributed by atoms with van der Waals surface area (Å²) >= 11 is 0. The minimum atomic E-state index is -1.05. The van der Waals surface area contributed by atoms with Gasteiger partial charge in [0.25, 0.3) is 0 Å². The van der Waals surface area contributed by atoms with Crippen molar-refractivity contribution in [2.45, 2.75) is 18.7 Å². The Kier molecular flexibility index (Phi) is 5.33. The smallest absolute Gasteiger partial charge is 0.337 e. The van der Waals surface area contributed by atoms with Gasteiger partial charge in [-0.15, -0.1) is 0 Å². The Labute approximate surface area is 170 Å². The molecular weight excluding hydrogens is 392 g/mol. The number of rotatable bonds is 5. The lowest BCUT2D eigenvalue weighted by Gasteiger charge is -2.34. The Morgan fingerprint density at radius 2 is 2.21 bits per heavy atom. The minimum Gasteiger partial charge on any atom is -0.478 e. The molecule has 3 heterocycles. The molecule has 1 aliphatic heterocycles. The van der Waals surface area contributed by atoms with Crippen LogP contribution in [0.4, 0.5) is 5.82 Å². The van der Waals surface area contributed by atoms with Crippen LogP contribution in [0.15, 0.2) is 30.5 Å². The van der Waals surface area contributed by atoms with E-state index in [1.165, 1.54) is 6.20 Å². The molecule has 8 nitrogen and oxygen atoms in total. The van der Waals surface area contributed by atoms with Gasteiger partial charge in [0.15, 0.2) is 5.82 Å². The lowest BCUT2D eigenvalue weighted by atomic mass is 10.1. The zero-order chi connectivity index (χ0) is 20.5. The predicted octanol–water partition coefficient (Wildman–Crippen LogP) is 2.43. The number of carbonyl (C=O) groups is 1. The fraction of sp³-hybridized carbons (Fsp3) is 0.350. The van der Waals surface area contributed by atoms with Crippen LogP contribution in [0.25, 0.3) is 22.3 Å². The minimum absolute atomic E-state index is 0.164. The van der Waals surface area contributed by atoms with E-state index in [4.69, 9.17) is 9.72 Å². The highest BCUT2D eigenvalue weighted by Crippen LogP contribution is 2.27. The Bertz CT molecular complexity index is 1100. The Balaban J connectivity index is 1.82. The first-order valence-electron chi connectivity index (χ1n) is 9.29. The van der Waals surface area contributed by atoms with Crippen molar-refractivity contribution in [3.05, 3.63) is 41.7 Å². The van der Waals surface area contributed by atoms with Gasteiger partial charge in [-0.05, 0) is 25.1 Å². The molecule has 1 saturated heterocycles. The molecule has 0 bridgehead atoms. The quantitative estimate of drug-likeness (QED) is 0.660. The van der Waals surface area contributed by atoms with Gasteiger partial charge in [0.1, 0.15) is 5.82 Å². The summed E-state index contributed by atoms with van der Waals surface area (Å²) in [5, 5.41) is 10.0. The number of aromatic carboxylic acids is 1. The first-order valence-corrected chi connectivity index (χ1v) is 11.0. The number of nitrogens with one attached hydrogen (secondary N) is 1. The number of H-pyrrole nitrogens is 1. The number of ether oxygens (including phenoxy) is 1. The summed E-state index contributed by atoms with van der Waals surface area (Å²) in [5.41, 5.74) is 2.34. The van der Waals surface area contributed by atoms with Crippen LogP contribution in [0.3, 0.4) is 0 Å². The molecule has 2 N–H and O–H groups in total. The van der Waals surface area contributed by atoms with Gasteiger partial charge in [-0.3, -0.25) is 4.21 Å². The maximum Gasteiger partial charge on any atom is 0.337 e. The Hall–Kier alpha value is -2.78. The first kappa shape index (κ1) is 19.5. The van der Waals surface area contributed by atoms with Crippen molar-refractivity contribution in [3.8, 4) is 11.4 Å². The molecule has 2 aromatic heterocycles. The molecule has 0 saturated carbocycles. The largest absolute Gasteiger partial charge is 0.478 e. The number of fused-ring (bicyclic) bond motifs is 1. The highest BCUT2D eigenvalue weighted by molar-refractivity contribution is 7.83. The van der Waals surface area contributed by atoms with Crippen LogP contribution in [-0.4, -0.2) is 62.3 Å². The molecule has 29 heavy (non-hydrogen) atoms. The number of carboxylic acids is 1.